The van der Waals surface area contributed by atoms with Crippen molar-refractivity contribution in [1.29, 1.82) is 0 Å². The molecule has 1 aromatic carbocycles. The van der Waals surface area contributed by atoms with Gasteiger partial charge in [0.2, 0.25) is 6.10 Å². The number of carbonyl (C=O) groups excluding carboxylic acids is 2. The number of methoxy groups -OCH3 is 1. The maximum Gasteiger partial charge on any atom is 0.347 e. The predicted molar refractivity (Wildman–Crippen MR) is 62.5 cm³/mol. The number of rotatable bonds is 4. The smallest absolute Gasteiger partial charge is 0.347 e. The highest BCUT2D eigenvalue weighted by Crippen LogP contribution is 2.12. The molecule has 0 fully saturated rings. The lowest BCUT2D eigenvalue weighted by Gasteiger charge is -2.18. The number of hydrogen-bond donors (Lipinski definition) is 0. The average molecular weight is 236 g/mol. The summed E-state index contributed by atoms with van der Waals surface area (Å²) in [5.41, 5.74) is 0.419. The summed E-state index contributed by atoms with van der Waals surface area (Å²) in [4.78, 5) is 23.2. The van der Waals surface area contributed by atoms with Crippen LogP contribution in [0.25, 0.3) is 0 Å². The molecule has 0 heterocycles. The number of carbonyl (C=O) groups is 2. The fraction of sp³-hybridized carbons (Fsp3) is 0.385. The minimum Gasteiger partial charge on any atom is -0.466 e. The SMILES string of the molecule is COC(=O)[C@H](OC(=O)c1ccccc1)C(C)C. The van der Waals surface area contributed by atoms with Gasteiger partial charge in [-0.3, -0.25) is 0 Å². The third-order valence-electron chi connectivity index (χ3n) is 2.28. The van der Waals surface area contributed by atoms with Crippen LogP contribution in [0.3, 0.4) is 0 Å². The topological polar surface area (TPSA) is 52.6 Å². The lowest BCUT2D eigenvalue weighted by atomic mass is 10.1. The summed E-state index contributed by atoms with van der Waals surface area (Å²) >= 11 is 0. The maximum atomic E-state index is 11.7. The fourth-order valence-electron chi connectivity index (χ4n) is 1.33. The van der Waals surface area contributed by atoms with Gasteiger partial charge in [0.25, 0.3) is 0 Å². The molecule has 0 bridgehead atoms. The molecule has 0 aliphatic carbocycles. The van der Waals surface area contributed by atoms with Crippen LogP contribution in [0, 0.1) is 5.92 Å². The molecule has 4 heteroatoms. The molecule has 4 nitrogen and oxygen atoms in total. The number of benzene rings is 1. The van der Waals surface area contributed by atoms with Crippen LogP contribution >= 0.6 is 0 Å². The van der Waals surface area contributed by atoms with Gasteiger partial charge in [0.1, 0.15) is 0 Å². The van der Waals surface area contributed by atoms with E-state index in [1.54, 1.807) is 44.2 Å². The van der Waals surface area contributed by atoms with Gasteiger partial charge in [0.05, 0.1) is 12.7 Å². The predicted octanol–water partition coefficient (Wildman–Crippen LogP) is 2.04. The Labute approximate surface area is 101 Å². The Kier molecular flexibility index (Phi) is 4.69. The van der Waals surface area contributed by atoms with Crippen molar-refractivity contribution in [3.8, 4) is 0 Å². The van der Waals surface area contributed by atoms with Gasteiger partial charge in [-0.05, 0) is 12.1 Å². The van der Waals surface area contributed by atoms with Crippen molar-refractivity contribution in [2.75, 3.05) is 7.11 Å². The summed E-state index contributed by atoms with van der Waals surface area (Å²) in [5.74, 6) is -1.19. The van der Waals surface area contributed by atoms with E-state index in [9.17, 15) is 9.59 Å². The minimum absolute atomic E-state index is 0.130. The van der Waals surface area contributed by atoms with E-state index in [1.165, 1.54) is 7.11 Å². The zero-order valence-corrected chi connectivity index (χ0v) is 10.2. The van der Waals surface area contributed by atoms with E-state index in [4.69, 9.17) is 4.74 Å². The minimum atomic E-state index is -0.868. The summed E-state index contributed by atoms with van der Waals surface area (Å²) in [5, 5.41) is 0. The third-order valence-corrected chi connectivity index (χ3v) is 2.28. The van der Waals surface area contributed by atoms with Crippen LogP contribution in [0.15, 0.2) is 30.3 Å². The van der Waals surface area contributed by atoms with Crippen molar-refractivity contribution in [3.05, 3.63) is 35.9 Å². The number of esters is 2. The first kappa shape index (κ1) is 13.2. The van der Waals surface area contributed by atoms with E-state index in [0.717, 1.165) is 0 Å². The first-order chi connectivity index (χ1) is 8.06. The molecule has 1 aromatic rings. The molecule has 0 aliphatic rings. The Bertz CT molecular complexity index is 384. The van der Waals surface area contributed by atoms with E-state index < -0.39 is 18.0 Å². The molecule has 1 rings (SSSR count). The zero-order chi connectivity index (χ0) is 12.8. The Morgan fingerprint density at radius 3 is 2.18 bits per heavy atom. The molecular weight excluding hydrogens is 220 g/mol. The highest BCUT2D eigenvalue weighted by Gasteiger charge is 2.27. The first-order valence-corrected chi connectivity index (χ1v) is 5.40. The van der Waals surface area contributed by atoms with Gasteiger partial charge in [0, 0.05) is 5.92 Å². The molecular formula is C13H16O4. The lowest BCUT2D eigenvalue weighted by Crippen LogP contribution is -2.33. The van der Waals surface area contributed by atoms with Crippen molar-refractivity contribution in [2.24, 2.45) is 5.92 Å². The second kappa shape index (κ2) is 6.03. The summed E-state index contributed by atoms with van der Waals surface area (Å²) in [6.45, 7) is 3.58. The van der Waals surface area contributed by atoms with Gasteiger partial charge >= 0.3 is 11.9 Å². The largest absolute Gasteiger partial charge is 0.466 e. The van der Waals surface area contributed by atoms with E-state index in [1.807, 2.05) is 0 Å². The Morgan fingerprint density at radius 2 is 1.71 bits per heavy atom. The molecule has 0 spiro atoms. The molecule has 0 aliphatic heterocycles. The highest BCUT2D eigenvalue weighted by molar-refractivity contribution is 5.91. The summed E-state index contributed by atoms with van der Waals surface area (Å²) < 4.78 is 9.73. The van der Waals surface area contributed by atoms with Gasteiger partial charge in [0.15, 0.2) is 0 Å². The van der Waals surface area contributed by atoms with Gasteiger partial charge in [-0.25, -0.2) is 9.59 Å². The molecule has 0 N–H and O–H groups in total. The maximum absolute atomic E-state index is 11.7. The van der Waals surface area contributed by atoms with E-state index >= 15 is 0 Å². The standard InChI is InChI=1S/C13H16O4/c1-9(2)11(13(15)16-3)17-12(14)10-7-5-4-6-8-10/h4-9,11H,1-3H3/t11-/m1/s1. The molecule has 1 atom stereocenters. The van der Waals surface area contributed by atoms with Crippen molar-refractivity contribution in [2.45, 2.75) is 20.0 Å². The van der Waals surface area contributed by atoms with Crippen LogP contribution in [0.1, 0.15) is 24.2 Å². The van der Waals surface area contributed by atoms with Crippen LogP contribution in [-0.2, 0) is 14.3 Å². The van der Waals surface area contributed by atoms with E-state index in [0.29, 0.717) is 5.56 Å². The lowest BCUT2D eigenvalue weighted by molar-refractivity contribution is -0.153. The second-order valence-corrected chi connectivity index (χ2v) is 3.96. The van der Waals surface area contributed by atoms with Crippen LogP contribution in [0.5, 0.6) is 0 Å². The average Bonchev–Trinajstić information content (AvgIpc) is 2.35. The van der Waals surface area contributed by atoms with E-state index in [2.05, 4.69) is 4.74 Å². The number of ether oxygens (including phenoxy) is 2. The molecule has 0 saturated heterocycles. The van der Waals surface area contributed by atoms with Crippen molar-refractivity contribution in [1.82, 2.24) is 0 Å². The molecule has 17 heavy (non-hydrogen) atoms. The highest BCUT2D eigenvalue weighted by atomic mass is 16.6. The molecule has 92 valence electrons. The Hall–Kier alpha value is -1.84. The monoisotopic (exact) mass is 236 g/mol. The summed E-state index contributed by atoms with van der Waals surface area (Å²) in [7, 11) is 1.27. The molecule has 0 radical (unpaired) electrons. The van der Waals surface area contributed by atoms with Crippen molar-refractivity contribution in [3.63, 3.8) is 0 Å². The Balaban J connectivity index is 2.75. The van der Waals surface area contributed by atoms with Crippen molar-refractivity contribution >= 4 is 11.9 Å². The molecule has 0 amide bonds. The summed E-state index contributed by atoms with van der Waals surface area (Å²) in [6.07, 6.45) is -0.868. The zero-order valence-electron chi connectivity index (χ0n) is 10.2. The fourth-order valence-corrected chi connectivity index (χ4v) is 1.33. The van der Waals surface area contributed by atoms with Crippen LogP contribution in [0.4, 0.5) is 0 Å². The molecule has 0 aromatic heterocycles. The van der Waals surface area contributed by atoms with Crippen LogP contribution in [-0.4, -0.2) is 25.2 Å². The quantitative estimate of drug-likeness (QED) is 0.751. The normalized spacial score (nSPS) is 12.0. The van der Waals surface area contributed by atoms with Crippen molar-refractivity contribution < 1.29 is 19.1 Å². The van der Waals surface area contributed by atoms with Crippen LogP contribution < -0.4 is 0 Å². The van der Waals surface area contributed by atoms with Crippen LogP contribution in [0.2, 0.25) is 0 Å². The summed E-state index contributed by atoms with van der Waals surface area (Å²) in [6, 6.07) is 8.54. The van der Waals surface area contributed by atoms with E-state index in [-0.39, 0.29) is 5.92 Å². The Morgan fingerprint density at radius 1 is 1.12 bits per heavy atom. The third kappa shape index (κ3) is 3.59. The second-order valence-electron chi connectivity index (χ2n) is 3.96. The first-order valence-electron chi connectivity index (χ1n) is 5.40. The molecule has 0 saturated carbocycles. The van der Waals surface area contributed by atoms with Gasteiger partial charge in [-0.2, -0.15) is 0 Å². The van der Waals surface area contributed by atoms with Gasteiger partial charge in [-0.1, -0.05) is 32.0 Å². The van der Waals surface area contributed by atoms with Gasteiger partial charge in [-0.15, -0.1) is 0 Å². The molecule has 0 unspecified atom stereocenters. The number of hydrogen-bond acceptors (Lipinski definition) is 4. The van der Waals surface area contributed by atoms with Gasteiger partial charge < -0.3 is 9.47 Å².